The maximum atomic E-state index is 13.4. The van der Waals surface area contributed by atoms with Gasteiger partial charge in [-0.2, -0.15) is 0 Å². The fraction of sp³-hybridized carbons (Fsp3) is 0.161. The van der Waals surface area contributed by atoms with Crippen molar-refractivity contribution in [2.45, 2.75) is 6.92 Å². The quantitative estimate of drug-likeness (QED) is 0.189. The summed E-state index contributed by atoms with van der Waals surface area (Å²) in [5.41, 5.74) is 11.9. The minimum absolute atomic E-state index is 0.0986. The number of fused-ring (bicyclic) bond motifs is 2. The molecule has 3 aromatic carbocycles. The summed E-state index contributed by atoms with van der Waals surface area (Å²) in [4.78, 5) is 11.7. The molecule has 0 amide bonds. The summed E-state index contributed by atoms with van der Waals surface area (Å²) in [6.45, 7) is 4.58. The average Bonchev–Trinajstić information content (AvgIpc) is 3.61. The van der Waals surface area contributed by atoms with Crippen molar-refractivity contribution < 1.29 is 19.2 Å². The first-order valence-electron chi connectivity index (χ1n) is 13.3. The Morgan fingerprint density at radius 1 is 1.02 bits per heavy atom. The van der Waals surface area contributed by atoms with Crippen molar-refractivity contribution in [3.63, 3.8) is 0 Å². The van der Waals surface area contributed by atoms with Gasteiger partial charge in [0, 0.05) is 16.8 Å². The molecular weight excluding hydrogens is 536 g/mol. The van der Waals surface area contributed by atoms with Crippen LogP contribution in [0.4, 0.5) is 11.6 Å². The summed E-state index contributed by atoms with van der Waals surface area (Å²) >= 11 is 1.24. The van der Waals surface area contributed by atoms with Crippen molar-refractivity contribution in [1.29, 1.82) is 0 Å². The van der Waals surface area contributed by atoms with Gasteiger partial charge >= 0.3 is 5.88 Å². The van der Waals surface area contributed by atoms with Gasteiger partial charge in [-0.1, -0.05) is 72.3 Å². The van der Waals surface area contributed by atoms with E-state index in [1.54, 1.807) is 11.0 Å². The number of morpholine rings is 1. The monoisotopic (exact) mass is 562 g/mol. The Labute approximate surface area is 239 Å². The van der Waals surface area contributed by atoms with Crippen LogP contribution in [0.5, 0.6) is 0 Å². The Morgan fingerprint density at radius 3 is 2.63 bits per heavy atom. The highest BCUT2D eigenvalue weighted by atomic mass is 32.1. The zero-order chi connectivity index (χ0) is 27.9. The molecule has 0 aliphatic carbocycles. The van der Waals surface area contributed by atoms with Gasteiger partial charge in [-0.3, -0.25) is 4.52 Å². The third kappa shape index (κ3) is 4.66. The minimum Gasteiger partial charge on any atom is -0.857 e. The van der Waals surface area contributed by atoms with Crippen molar-refractivity contribution in [2.75, 3.05) is 37.0 Å². The van der Waals surface area contributed by atoms with Crippen LogP contribution in [0.3, 0.4) is 0 Å². The molecule has 0 unspecified atom stereocenters. The second-order valence-electron chi connectivity index (χ2n) is 9.92. The number of nitrogens with two attached hydrogens (primary N) is 1. The van der Waals surface area contributed by atoms with E-state index in [0.29, 0.717) is 41.7 Å². The lowest BCUT2D eigenvalue weighted by Crippen LogP contribution is -2.62. The van der Waals surface area contributed by atoms with E-state index in [4.69, 9.17) is 20.0 Å². The first-order valence-corrected chi connectivity index (χ1v) is 14.1. The predicted octanol–water partition coefficient (Wildman–Crippen LogP) is 4.36. The Balaban J connectivity index is 1.36. The fourth-order valence-corrected chi connectivity index (χ4v) is 6.15. The number of rotatable bonds is 5. The molecule has 4 heterocycles. The molecule has 0 atom stereocenters. The van der Waals surface area contributed by atoms with Crippen LogP contribution in [0.25, 0.3) is 43.4 Å². The van der Waals surface area contributed by atoms with Crippen molar-refractivity contribution in [3.05, 3.63) is 89.4 Å². The summed E-state index contributed by atoms with van der Waals surface area (Å²) < 4.78 is 10.7. The van der Waals surface area contributed by atoms with Gasteiger partial charge in [-0.05, 0) is 34.9 Å². The van der Waals surface area contributed by atoms with Crippen molar-refractivity contribution in [1.82, 2.24) is 10.3 Å². The number of aryl methyl sites for hydroxylation is 1. The summed E-state index contributed by atoms with van der Waals surface area (Å²) in [6.07, 6.45) is 1.58. The smallest absolute Gasteiger partial charge is 0.324 e. The third-order valence-electron chi connectivity index (χ3n) is 7.25. The number of ether oxygens (including phenoxy) is 1. The normalized spacial score (nSPS) is 14.3. The number of nitrogens with zero attached hydrogens (tertiary/aromatic N) is 5. The molecular formula is C31H26N6O3S. The van der Waals surface area contributed by atoms with Crippen LogP contribution in [0, 0.1) is 6.92 Å². The molecule has 0 bridgehead atoms. The van der Waals surface area contributed by atoms with E-state index in [1.165, 1.54) is 11.3 Å². The summed E-state index contributed by atoms with van der Waals surface area (Å²) in [6, 6.07) is 24.8. The predicted molar refractivity (Wildman–Crippen MR) is 159 cm³/mol. The zero-order valence-electron chi connectivity index (χ0n) is 22.3. The molecule has 2 N–H and O–H groups in total. The van der Waals surface area contributed by atoms with Gasteiger partial charge < -0.3 is 15.6 Å². The van der Waals surface area contributed by atoms with Crippen molar-refractivity contribution in [2.24, 2.45) is 4.99 Å². The second kappa shape index (κ2) is 10.3. The molecule has 10 heteroatoms. The number of thiophene rings is 1. The molecule has 1 aliphatic heterocycles. The number of benzene rings is 3. The Kier molecular flexibility index (Phi) is 6.33. The fourth-order valence-electron chi connectivity index (χ4n) is 5.15. The highest BCUT2D eigenvalue weighted by molar-refractivity contribution is 7.21. The SMILES string of the molecule is Cc1ccc(-c2cc(-c3cccc4ccccc34)nc3sc(/C([O-])=N/c4c[n+](N5CCOCC5)no4)c(N)c23)cc1. The lowest BCUT2D eigenvalue weighted by atomic mass is 9.96. The largest absolute Gasteiger partial charge is 0.857 e. The summed E-state index contributed by atoms with van der Waals surface area (Å²) in [5, 5.41) is 22.4. The highest BCUT2D eigenvalue weighted by Crippen LogP contribution is 2.42. The summed E-state index contributed by atoms with van der Waals surface area (Å²) in [5.74, 6) is -0.404. The molecule has 3 aromatic heterocycles. The number of anilines is 1. The number of aromatic nitrogens is 3. The highest BCUT2D eigenvalue weighted by Gasteiger charge is 2.23. The number of hydrogen-bond donors (Lipinski definition) is 1. The molecule has 204 valence electrons. The molecule has 0 radical (unpaired) electrons. The number of nitrogen functional groups attached to an aromatic ring is 1. The van der Waals surface area contributed by atoms with Gasteiger partial charge in [0.2, 0.25) is 5.27 Å². The van der Waals surface area contributed by atoms with Crippen molar-refractivity contribution in [3.8, 4) is 22.4 Å². The Morgan fingerprint density at radius 2 is 1.80 bits per heavy atom. The first kappa shape index (κ1) is 25.2. The molecule has 41 heavy (non-hydrogen) atoms. The maximum Gasteiger partial charge on any atom is 0.324 e. The van der Waals surface area contributed by atoms with Crippen molar-refractivity contribution >= 4 is 49.8 Å². The first-order chi connectivity index (χ1) is 20.0. The molecule has 1 fully saturated rings. The number of hydrogen-bond acceptors (Lipinski definition) is 9. The van der Waals surface area contributed by atoms with E-state index in [-0.39, 0.29) is 5.88 Å². The third-order valence-corrected chi connectivity index (χ3v) is 8.34. The van der Waals surface area contributed by atoms with Crippen LogP contribution in [0.1, 0.15) is 10.4 Å². The van der Waals surface area contributed by atoms with E-state index in [0.717, 1.165) is 44.1 Å². The second-order valence-corrected chi connectivity index (χ2v) is 10.9. The van der Waals surface area contributed by atoms with Crippen LogP contribution < -0.4 is 20.6 Å². The van der Waals surface area contributed by atoms with Crippen LogP contribution in [0.15, 0.2) is 88.5 Å². The molecule has 1 aliphatic rings. The van der Waals surface area contributed by atoms with Crippen LogP contribution in [-0.4, -0.2) is 42.5 Å². The van der Waals surface area contributed by atoms with Gasteiger partial charge in [-0.15, -0.1) is 16.3 Å². The maximum absolute atomic E-state index is 13.4. The molecule has 9 nitrogen and oxygen atoms in total. The van der Waals surface area contributed by atoms with Crippen LogP contribution in [0.2, 0.25) is 0 Å². The molecule has 1 saturated heterocycles. The van der Waals surface area contributed by atoms with Gasteiger partial charge in [0.15, 0.2) is 0 Å². The van der Waals surface area contributed by atoms with Gasteiger partial charge in [0.1, 0.15) is 4.83 Å². The lowest BCUT2D eigenvalue weighted by Gasteiger charge is -2.18. The van der Waals surface area contributed by atoms with E-state index >= 15 is 0 Å². The van der Waals surface area contributed by atoms with Gasteiger partial charge in [0.05, 0.1) is 47.4 Å². The van der Waals surface area contributed by atoms with E-state index in [1.807, 2.05) is 23.2 Å². The van der Waals surface area contributed by atoms with Gasteiger partial charge in [0.25, 0.3) is 6.20 Å². The van der Waals surface area contributed by atoms with Crippen LogP contribution in [-0.2, 0) is 4.74 Å². The zero-order valence-corrected chi connectivity index (χ0v) is 23.1. The lowest BCUT2D eigenvalue weighted by molar-refractivity contribution is -0.759. The molecule has 0 spiro atoms. The average molecular weight is 563 g/mol. The number of pyridine rings is 1. The topological polar surface area (TPSA) is 117 Å². The van der Waals surface area contributed by atoms with E-state index in [2.05, 4.69) is 71.8 Å². The van der Waals surface area contributed by atoms with Gasteiger partial charge in [-0.25, -0.2) is 9.98 Å². The minimum atomic E-state index is -0.502. The number of aliphatic imine (C=N–C) groups is 1. The molecule has 6 aromatic rings. The molecule has 7 rings (SSSR count). The summed E-state index contributed by atoms with van der Waals surface area (Å²) in [7, 11) is 0. The molecule has 0 saturated carbocycles. The van der Waals surface area contributed by atoms with Crippen LogP contribution >= 0.6 is 11.3 Å². The Hall–Kier alpha value is -4.80. The van der Waals surface area contributed by atoms with E-state index in [9.17, 15) is 5.11 Å². The van der Waals surface area contributed by atoms with E-state index < -0.39 is 5.90 Å². The Bertz CT molecular complexity index is 1920. The standard InChI is InChI=1S/C31H26N6O3S/c1-19-9-11-21(12-10-19)24-17-25(23-8-4-6-20-5-2-3-7-22(20)23)33-31-27(24)28(32)29(41-31)30(38)34-26-18-37(35-40-26)36-13-15-39-16-14-36/h2-12,17-18H,13-16H2,1H3,(H2-,32,34,35,38).